The van der Waals surface area contributed by atoms with Gasteiger partial charge < -0.3 is 19.3 Å². The number of aryl methyl sites for hydroxylation is 2. The van der Waals surface area contributed by atoms with Gasteiger partial charge in [0.15, 0.2) is 5.76 Å². The third-order valence-corrected chi connectivity index (χ3v) is 6.04. The maximum Gasteiger partial charge on any atom is 0.295 e. The first-order chi connectivity index (χ1) is 15.7. The molecule has 1 saturated heterocycles. The van der Waals surface area contributed by atoms with Gasteiger partial charge in [0, 0.05) is 12.7 Å². The predicted octanol–water partition coefficient (Wildman–Crippen LogP) is 3.46. The van der Waals surface area contributed by atoms with Crippen molar-refractivity contribution in [2.45, 2.75) is 26.3 Å². The van der Waals surface area contributed by atoms with Crippen LogP contribution in [-0.2, 0) is 9.59 Å². The molecule has 7 nitrogen and oxygen atoms in total. The first kappa shape index (κ1) is 22.7. The average molecular weight is 451 g/mol. The number of hydrogen-bond acceptors (Lipinski definition) is 5. The number of amides is 1. The average Bonchev–Trinajstić information content (AvgIpc) is 3.24. The van der Waals surface area contributed by atoms with Crippen LogP contribution in [0.15, 0.2) is 48.2 Å². The van der Waals surface area contributed by atoms with Gasteiger partial charge in [-0.3, -0.25) is 9.59 Å². The van der Waals surface area contributed by atoms with Crippen LogP contribution in [0.1, 0.15) is 35.0 Å². The Hall–Kier alpha value is -3.52. The minimum Gasteiger partial charge on any atom is -0.505 e. The largest absolute Gasteiger partial charge is 0.505 e. The van der Waals surface area contributed by atoms with E-state index in [-0.39, 0.29) is 17.0 Å². The van der Waals surface area contributed by atoms with E-state index in [0.29, 0.717) is 29.9 Å². The highest BCUT2D eigenvalue weighted by molar-refractivity contribution is 6.46. The molecule has 1 atom stereocenters. The minimum atomic E-state index is -0.821. The SMILES string of the molecule is Cc1cccn2c(C)c(C(O)=C3C(=O)C(=O)N(CCCN(C)C)C3c3ccc(F)cc3)nc12. The summed E-state index contributed by atoms with van der Waals surface area (Å²) in [6.45, 7) is 4.76. The van der Waals surface area contributed by atoms with Crippen LogP contribution >= 0.6 is 0 Å². The summed E-state index contributed by atoms with van der Waals surface area (Å²) in [4.78, 5) is 34.2. The van der Waals surface area contributed by atoms with Crippen molar-refractivity contribution < 1.29 is 19.1 Å². The minimum absolute atomic E-state index is 0.0272. The maximum atomic E-state index is 13.6. The van der Waals surface area contributed by atoms with Crippen molar-refractivity contribution in [3.63, 3.8) is 0 Å². The number of carbonyl (C=O) groups is 2. The van der Waals surface area contributed by atoms with Crippen molar-refractivity contribution in [2.75, 3.05) is 27.2 Å². The maximum absolute atomic E-state index is 13.6. The lowest BCUT2D eigenvalue weighted by Gasteiger charge is -2.25. The van der Waals surface area contributed by atoms with Gasteiger partial charge in [0.2, 0.25) is 0 Å². The van der Waals surface area contributed by atoms with E-state index in [1.54, 1.807) is 19.1 Å². The van der Waals surface area contributed by atoms with Gasteiger partial charge in [0.25, 0.3) is 11.7 Å². The Labute approximate surface area is 191 Å². The summed E-state index contributed by atoms with van der Waals surface area (Å²) in [5.74, 6) is -2.18. The second kappa shape index (κ2) is 8.78. The number of fused-ring (bicyclic) bond motifs is 1. The molecule has 1 aliphatic heterocycles. The third-order valence-electron chi connectivity index (χ3n) is 6.04. The second-order valence-corrected chi connectivity index (χ2v) is 8.63. The van der Waals surface area contributed by atoms with Gasteiger partial charge >= 0.3 is 0 Å². The molecular weight excluding hydrogens is 423 g/mol. The topological polar surface area (TPSA) is 78.2 Å². The molecule has 0 radical (unpaired) electrons. The van der Waals surface area contributed by atoms with Gasteiger partial charge in [0.1, 0.15) is 17.2 Å². The Balaban J connectivity index is 1.87. The van der Waals surface area contributed by atoms with Gasteiger partial charge in [-0.2, -0.15) is 0 Å². The van der Waals surface area contributed by atoms with E-state index < -0.39 is 23.5 Å². The Kier molecular flexibility index (Phi) is 6.03. The van der Waals surface area contributed by atoms with Crippen LogP contribution in [0.4, 0.5) is 4.39 Å². The number of aliphatic hydroxyl groups is 1. The summed E-state index contributed by atoms with van der Waals surface area (Å²) in [5.41, 5.74) is 3.01. The number of rotatable bonds is 6. The predicted molar refractivity (Wildman–Crippen MR) is 123 cm³/mol. The Bertz CT molecular complexity index is 1260. The molecular formula is C25H27FN4O3. The van der Waals surface area contributed by atoms with Crippen LogP contribution in [0, 0.1) is 19.7 Å². The molecule has 1 amide bonds. The summed E-state index contributed by atoms with van der Waals surface area (Å²) in [6.07, 6.45) is 2.48. The fourth-order valence-electron chi connectivity index (χ4n) is 4.33. The summed E-state index contributed by atoms with van der Waals surface area (Å²) in [5, 5.41) is 11.3. The van der Waals surface area contributed by atoms with Crippen LogP contribution in [0.3, 0.4) is 0 Å². The number of ketones is 1. The lowest BCUT2D eigenvalue weighted by Crippen LogP contribution is -2.32. The molecule has 8 heteroatoms. The molecule has 172 valence electrons. The van der Waals surface area contributed by atoms with E-state index in [1.807, 2.05) is 48.6 Å². The van der Waals surface area contributed by atoms with Crippen molar-refractivity contribution in [3.05, 3.63) is 76.5 Å². The number of pyridine rings is 1. The van der Waals surface area contributed by atoms with Gasteiger partial charge in [-0.05, 0) is 70.2 Å². The fraction of sp³-hybridized carbons (Fsp3) is 0.320. The molecule has 3 aromatic rings. The Morgan fingerprint density at radius 2 is 1.85 bits per heavy atom. The monoisotopic (exact) mass is 450 g/mol. The van der Waals surface area contributed by atoms with Crippen molar-refractivity contribution in [1.29, 1.82) is 0 Å². The number of benzene rings is 1. The molecule has 1 N–H and O–H groups in total. The first-order valence-corrected chi connectivity index (χ1v) is 10.8. The summed E-state index contributed by atoms with van der Waals surface area (Å²) < 4.78 is 15.5. The number of nitrogens with zero attached hydrogens (tertiary/aromatic N) is 4. The molecule has 33 heavy (non-hydrogen) atoms. The summed E-state index contributed by atoms with van der Waals surface area (Å²) in [6, 6.07) is 8.62. The number of aliphatic hydroxyl groups excluding tert-OH is 1. The van der Waals surface area contributed by atoms with Gasteiger partial charge in [-0.25, -0.2) is 9.37 Å². The summed E-state index contributed by atoms with van der Waals surface area (Å²) in [7, 11) is 3.86. The summed E-state index contributed by atoms with van der Waals surface area (Å²) >= 11 is 0. The molecule has 1 unspecified atom stereocenters. The molecule has 1 fully saturated rings. The van der Waals surface area contributed by atoms with Crippen LogP contribution < -0.4 is 0 Å². The van der Waals surface area contributed by atoms with Gasteiger partial charge in [0.05, 0.1) is 17.3 Å². The number of Topliss-reactive ketones (excluding diaryl/α,β-unsaturated/α-hetero) is 1. The van der Waals surface area contributed by atoms with Crippen molar-refractivity contribution >= 4 is 23.1 Å². The van der Waals surface area contributed by atoms with Crippen LogP contribution in [-0.4, -0.2) is 63.2 Å². The van der Waals surface area contributed by atoms with Crippen LogP contribution in [0.5, 0.6) is 0 Å². The van der Waals surface area contributed by atoms with Crippen molar-refractivity contribution in [1.82, 2.24) is 19.2 Å². The van der Waals surface area contributed by atoms with E-state index in [2.05, 4.69) is 4.98 Å². The lowest BCUT2D eigenvalue weighted by atomic mass is 9.96. The number of likely N-dealkylation sites (tertiary alicyclic amines) is 1. The van der Waals surface area contributed by atoms with E-state index in [0.717, 1.165) is 12.1 Å². The number of imidazole rings is 1. The van der Waals surface area contributed by atoms with Gasteiger partial charge in [-0.15, -0.1) is 0 Å². The quantitative estimate of drug-likeness (QED) is 0.354. The van der Waals surface area contributed by atoms with Crippen LogP contribution in [0.2, 0.25) is 0 Å². The molecule has 2 aromatic heterocycles. The molecule has 0 saturated carbocycles. The Morgan fingerprint density at radius 1 is 1.15 bits per heavy atom. The van der Waals surface area contributed by atoms with Crippen molar-refractivity contribution in [2.24, 2.45) is 0 Å². The van der Waals surface area contributed by atoms with E-state index in [1.165, 1.54) is 17.0 Å². The highest BCUT2D eigenvalue weighted by Gasteiger charge is 2.46. The zero-order valence-electron chi connectivity index (χ0n) is 19.2. The Morgan fingerprint density at radius 3 is 2.48 bits per heavy atom. The van der Waals surface area contributed by atoms with Crippen molar-refractivity contribution in [3.8, 4) is 0 Å². The van der Waals surface area contributed by atoms with Crippen LogP contribution in [0.25, 0.3) is 11.4 Å². The molecule has 1 aromatic carbocycles. The molecule has 4 rings (SSSR count). The normalized spacial score (nSPS) is 18.1. The molecule has 3 heterocycles. The van der Waals surface area contributed by atoms with E-state index >= 15 is 0 Å². The smallest absolute Gasteiger partial charge is 0.295 e. The first-order valence-electron chi connectivity index (χ1n) is 10.8. The zero-order chi connectivity index (χ0) is 23.9. The number of carbonyl (C=O) groups excluding carboxylic acids is 2. The highest BCUT2D eigenvalue weighted by Crippen LogP contribution is 2.40. The molecule has 0 bridgehead atoms. The third kappa shape index (κ3) is 4.02. The zero-order valence-corrected chi connectivity index (χ0v) is 19.2. The standard InChI is InChI=1S/C25H27FN4O3/c1-15-7-5-13-29-16(2)20(27-24(15)29)22(31)19-21(17-8-10-18(26)11-9-17)30(25(33)23(19)32)14-6-12-28(3)4/h5,7-11,13,21,31H,6,12,14H2,1-4H3. The molecule has 0 spiro atoms. The van der Waals surface area contributed by atoms with E-state index in [4.69, 9.17) is 0 Å². The molecule has 0 aliphatic carbocycles. The molecule has 1 aliphatic rings. The number of hydrogen-bond donors (Lipinski definition) is 1. The fourth-order valence-corrected chi connectivity index (χ4v) is 4.33. The highest BCUT2D eigenvalue weighted by atomic mass is 19.1. The lowest BCUT2D eigenvalue weighted by molar-refractivity contribution is -0.139. The second-order valence-electron chi connectivity index (χ2n) is 8.63. The number of halogens is 1. The van der Waals surface area contributed by atoms with E-state index in [9.17, 15) is 19.1 Å². The number of aromatic nitrogens is 2. The van der Waals surface area contributed by atoms with Gasteiger partial charge in [-0.1, -0.05) is 18.2 Å².